The number of thioether (sulfide) groups is 1. The minimum absolute atomic E-state index is 0.0402. The molecule has 230 valence electrons. The van der Waals surface area contributed by atoms with Crippen molar-refractivity contribution < 1.29 is 19.3 Å². The van der Waals surface area contributed by atoms with Crippen LogP contribution in [0.4, 0.5) is 17.1 Å². The standard InChI is InChI=1S/C35H34N4O5S/c1-22(2)26-12-10-25(11-13-26)21-32(38-34(41)27-8-6-5-7-9-27)35(42)36-28-14-17-30(18-15-28)45-24(4)33(40)37-31-19-16-29(39(43)44)20-23(31)3/h5-22,24H,1-4H3,(H,36,42)(H,37,40)(H,38,41)/b32-21-. The Balaban J connectivity index is 1.43. The number of carbonyl (C=O) groups excluding carboxylic acids is 3. The lowest BCUT2D eigenvalue weighted by molar-refractivity contribution is -0.384. The molecule has 4 aromatic carbocycles. The zero-order valence-electron chi connectivity index (χ0n) is 25.4. The SMILES string of the molecule is Cc1cc([N+](=O)[O-])ccc1NC(=O)C(C)Sc1ccc(NC(=O)/C(=C/c2ccc(C(C)C)cc2)NC(=O)c2ccccc2)cc1. The molecule has 0 radical (unpaired) electrons. The molecule has 0 bridgehead atoms. The summed E-state index contributed by atoms with van der Waals surface area (Å²) in [6.45, 7) is 7.66. The average molecular weight is 623 g/mol. The van der Waals surface area contributed by atoms with Crippen LogP contribution in [-0.2, 0) is 9.59 Å². The number of nitro benzene ring substituents is 1. The van der Waals surface area contributed by atoms with Gasteiger partial charge in [0.1, 0.15) is 5.70 Å². The van der Waals surface area contributed by atoms with E-state index in [9.17, 15) is 24.5 Å². The van der Waals surface area contributed by atoms with Gasteiger partial charge in [-0.15, -0.1) is 11.8 Å². The molecule has 0 fully saturated rings. The van der Waals surface area contributed by atoms with E-state index in [1.54, 1.807) is 68.5 Å². The number of aryl methyl sites for hydroxylation is 1. The Morgan fingerprint density at radius 1 is 0.844 bits per heavy atom. The Hall–Kier alpha value is -5.22. The van der Waals surface area contributed by atoms with Crippen LogP contribution < -0.4 is 16.0 Å². The minimum Gasteiger partial charge on any atom is -0.325 e. The topological polar surface area (TPSA) is 130 Å². The van der Waals surface area contributed by atoms with Crippen LogP contribution >= 0.6 is 11.8 Å². The average Bonchev–Trinajstić information content (AvgIpc) is 3.03. The highest BCUT2D eigenvalue weighted by molar-refractivity contribution is 8.00. The van der Waals surface area contributed by atoms with Crippen LogP contribution in [0.1, 0.15) is 53.7 Å². The Morgan fingerprint density at radius 2 is 1.51 bits per heavy atom. The van der Waals surface area contributed by atoms with Crippen molar-refractivity contribution in [3.63, 3.8) is 0 Å². The monoisotopic (exact) mass is 622 g/mol. The van der Waals surface area contributed by atoms with E-state index in [-0.39, 0.29) is 17.3 Å². The van der Waals surface area contributed by atoms with E-state index >= 15 is 0 Å². The maximum atomic E-state index is 13.4. The summed E-state index contributed by atoms with van der Waals surface area (Å²) in [5.41, 5.74) is 4.02. The van der Waals surface area contributed by atoms with E-state index in [0.717, 1.165) is 16.0 Å². The molecule has 1 unspecified atom stereocenters. The van der Waals surface area contributed by atoms with Crippen LogP contribution in [-0.4, -0.2) is 27.9 Å². The second kappa shape index (κ2) is 15.0. The van der Waals surface area contributed by atoms with Crippen LogP contribution in [0.3, 0.4) is 0 Å². The van der Waals surface area contributed by atoms with Crippen LogP contribution in [0.2, 0.25) is 0 Å². The molecule has 4 rings (SSSR count). The van der Waals surface area contributed by atoms with E-state index in [2.05, 4.69) is 29.8 Å². The molecule has 45 heavy (non-hydrogen) atoms. The molecule has 0 saturated carbocycles. The molecule has 0 heterocycles. The fourth-order valence-electron chi connectivity index (χ4n) is 4.30. The molecular formula is C35H34N4O5S. The molecule has 9 nitrogen and oxygen atoms in total. The molecule has 0 aliphatic heterocycles. The van der Waals surface area contributed by atoms with Gasteiger partial charge >= 0.3 is 0 Å². The number of carbonyl (C=O) groups is 3. The first-order valence-corrected chi connectivity index (χ1v) is 15.2. The van der Waals surface area contributed by atoms with Crippen molar-refractivity contribution in [2.24, 2.45) is 0 Å². The number of non-ortho nitro benzene ring substituents is 1. The van der Waals surface area contributed by atoms with Gasteiger partial charge in [0.2, 0.25) is 5.91 Å². The van der Waals surface area contributed by atoms with Crippen molar-refractivity contribution in [1.82, 2.24) is 5.32 Å². The second-order valence-corrected chi connectivity index (χ2v) is 12.1. The van der Waals surface area contributed by atoms with Crippen molar-refractivity contribution in [3.05, 3.63) is 135 Å². The van der Waals surface area contributed by atoms with Crippen molar-refractivity contribution in [1.29, 1.82) is 0 Å². The maximum absolute atomic E-state index is 13.4. The van der Waals surface area contributed by atoms with Gasteiger partial charge < -0.3 is 16.0 Å². The number of hydrogen-bond donors (Lipinski definition) is 3. The minimum atomic E-state index is -0.487. The second-order valence-electron chi connectivity index (χ2n) is 10.7. The largest absolute Gasteiger partial charge is 0.325 e. The molecule has 4 aromatic rings. The van der Waals surface area contributed by atoms with Crippen LogP contribution in [0, 0.1) is 17.0 Å². The molecule has 0 aliphatic rings. The summed E-state index contributed by atoms with van der Waals surface area (Å²) >= 11 is 1.33. The smallest absolute Gasteiger partial charge is 0.272 e. The van der Waals surface area contributed by atoms with Gasteiger partial charge in [-0.3, -0.25) is 24.5 Å². The van der Waals surface area contributed by atoms with Crippen LogP contribution in [0.15, 0.2) is 108 Å². The Labute approximate surface area is 266 Å². The van der Waals surface area contributed by atoms with E-state index in [1.807, 2.05) is 30.3 Å². The first-order chi connectivity index (χ1) is 21.5. The Kier molecular flexibility index (Phi) is 10.9. The van der Waals surface area contributed by atoms with Crippen molar-refractivity contribution in [2.75, 3.05) is 10.6 Å². The summed E-state index contributed by atoms with van der Waals surface area (Å²) in [7, 11) is 0. The van der Waals surface area contributed by atoms with Gasteiger partial charge in [0, 0.05) is 34.0 Å². The van der Waals surface area contributed by atoms with Gasteiger partial charge in [0.25, 0.3) is 17.5 Å². The van der Waals surface area contributed by atoms with Crippen LogP contribution in [0.25, 0.3) is 6.08 Å². The number of hydrogen-bond acceptors (Lipinski definition) is 6. The number of rotatable bonds is 11. The van der Waals surface area contributed by atoms with Gasteiger partial charge in [0.15, 0.2) is 0 Å². The van der Waals surface area contributed by atoms with Gasteiger partial charge in [-0.2, -0.15) is 0 Å². The molecule has 10 heteroatoms. The summed E-state index contributed by atoms with van der Waals surface area (Å²) in [6.07, 6.45) is 1.64. The van der Waals surface area contributed by atoms with Crippen LogP contribution in [0.5, 0.6) is 0 Å². The summed E-state index contributed by atoms with van der Waals surface area (Å²) in [4.78, 5) is 50.4. The molecule has 1 atom stereocenters. The fraction of sp³-hybridized carbons (Fsp3) is 0.171. The van der Waals surface area contributed by atoms with Gasteiger partial charge in [-0.25, -0.2) is 0 Å². The molecule has 0 spiro atoms. The summed E-state index contributed by atoms with van der Waals surface area (Å²) in [6, 6.07) is 27.8. The van der Waals surface area contributed by atoms with E-state index in [4.69, 9.17) is 0 Å². The number of nitrogens with one attached hydrogen (secondary N) is 3. The zero-order chi connectivity index (χ0) is 32.5. The lowest BCUT2D eigenvalue weighted by Gasteiger charge is -2.14. The first kappa shape index (κ1) is 32.7. The lowest BCUT2D eigenvalue weighted by Crippen LogP contribution is -2.30. The molecular weight excluding hydrogens is 588 g/mol. The number of nitrogens with zero attached hydrogens (tertiary/aromatic N) is 1. The highest BCUT2D eigenvalue weighted by Crippen LogP contribution is 2.27. The predicted octanol–water partition coefficient (Wildman–Crippen LogP) is 7.56. The molecule has 0 saturated heterocycles. The molecule has 3 N–H and O–H groups in total. The van der Waals surface area contributed by atoms with Crippen molar-refractivity contribution in [3.8, 4) is 0 Å². The van der Waals surface area contributed by atoms with Gasteiger partial charge in [0.05, 0.1) is 10.2 Å². The third-order valence-corrected chi connectivity index (χ3v) is 8.03. The van der Waals surface area contributed by atoms with E-state index < -0.39 is 22.0 Å². The summed E-state index contributed by atoms with van der Waals surface area (Å²) < 4.78 is 0. The van der Waals surface area contributed by atoms with Crippen molar-refractivity contribution in [2.45, 2.75) is 43.8 Å². The molecule has 0 aromatic heterocycles. The zero-order valence-corrected chi connectivity index (χ0v) is 26.2. The fourth-order valence-corrected chi connectivity index (χ4v) is 5.16. The number of amides is 3. The van der Waals surface area contributed by atoms with E-state index in [1.165, 1.54) is 30.0 Å². The highest BCUT2D eigenvalue weighted by Gasteiger charge is 2.18. The molecule has 0 aliphatic carbocycles. The highest BCUT2D eigenvalue weighted by atomic mass is 32.2. The summed E-state index contributed by atoms with van der Waals surface area (Å²) in [5.74, 6) is -0.779. The van der Waals surface area contributed by atoms with Crippen molar-refractivity contribution >= 4 is 52.6 Å². The molecule has 3 amide bonds. The predicted molar refractivity (Wildman–Crippen MR) is 179 cm³/mol. The van der Waals surface area contributed by atoms with Gasteiger partial charge in [-0.1, -0.05) is 56.3 Å². The number of anilines is 2. The third kappa shape index (κ3) is 9.14. The van der Waals surface area contributed by atoms with Gasteiger partial charge in [-0.05, 0) is 85.0 Å². The lowest BCUT2D eigenvalue weighted by atomic mass is 10.0. The first-order valence-electron chi connectivity index (χ1n) is 14.3. The van der Waals surface area contributed by atoms with E-state index in [0.29, 0.717) is 28.4 Å². The number of benzene rings is 4. The maximum Gasteiger partial charge on any atom is 0.272 e. The quantitative estimate of drug-likeness (QED) is 0.0685. The normalized spacial score (nSPS) is 11.9. The Morgan fingerprint density at radius 3 is 2.11 bits per heavy atom. The third-order valence-electron chi connectivity index (χ3n) is 6.92. The Bertz CT molecular complexity index is 1720. The summed E-state index contributed by atoms with van der Waals surface area (Å²) in [5, 5.41) is 18.9. The number of nitro groups is 1.